The molecule has 1 heterocycles. The lowest BCUT2D eigenvalue weighted by atomic mass is 10.5. The Hall–Kier alpha value is -0.960. The number of halogens is 1. The van der Waals surface area contributed by atoms with Crippen molar-refractivity contribution in [3.8, 4) is 0 Å². The van der Waals surface area contributed by atoms with Crippen LogP contribution in [0.1, 0.15) is 10.5 Å². The van der Waals surface area contributed by atoms with Gasteiger partial charge in [-0.15, -0.1) is 0 Å². The van der Waals surface area contributed by atoms with Gasteiger partial charge in [0.25, 0.3) is 0 Å². The van der Waals surface area contributed by atoms with Crippen LogP contribution in [0.4, 0.5) is 0 Å². The molecule has 0 aliphatic carbocycles. The Morgan fingerprint density at radius 1 is 1.44 bits per heavy atom. The van der Waals surface area contributed by atoms with Gasteiger partial charge in [0.1, 0.15) is 5.69 Å². The van der Waals surface area contributed by atoms with Crippen LogP contribution in [0.3, 0.4) is 0 Å². The number of carbonyl (C=O) groups is 1. The highest BCUT2D eigenvalue weighted by molar-refractivity contribution is 6.31. The highest BCUT2D eigenvalue weighted by Crippen LogP contribution is 2.03. The van der Waals surface area contributed by atoms with Crippen molar-refractivity contribution in [1.29, 1.82) is 0 Å². The van der Waals surface area contributed by atoms with Crippen molar-refractivity contribution in [2.24, 2.45) is 0 Å². The maximum atomic E-state index is 10.0. The zero-order valence-electron chi connectivity index (χ0n) is 4.41. The van der Waals surface area contributed by atoms with Crippen molar-refractivity contribution in [2.75, 3.05) is 0 Å². The van der Waals surface area contributed by atoms with Crippen LogP contribution in [-0.4, -0.2) is 16.3 Å². The fraction of sp³-hybridized carbons (Fsp3) is 0. The molecule has 0 atom stereocenters. The first-order valence-corrected chi connectivity index (χ1v) is 2.64. The maximum Gasteiger partial charge on any atom is 0.171 e. The third-order valence-electron chi connectivity index (χ3n) is 0.791. The molecule has 1 aromatic rings. The van der Waals surface area contributed by atoms with E-state index in [0.29, 0.717) is 6.29 Å². The number of rotatable bonds is 1. The summed E-state index contributed by atoms with van der Waals surface area (Å²) in [5, 5.41) is 0.146. The lowest BCUT2D eigenvalue weighted by Gasteiger charge is -1.88. The average molecular weight is 143 g/mol. The van der Waals surface area contributed by atoms with Crippen molar-refractivity contribution in [3.63, 3.8) is 0 Å². The number of hydrogen-bond donors (Lipinski definition) is 0. The molecule has 0 aliphatic rings. The predicted octanol–water partition coefficient (Wildman–Crippen LogP) is 0.942. The van der Waals surface area contributed by atoms with Gasteiger partial charge in [0.15, 0.2) is 11.4 Å². The second-order valence-corrected chi connectivity index (χ2v) is 1.71. The summed E-state index contributed by atoms with van der Waals surface area (Å²) in [5.41, 5.74) is 0.180. The molecule has 0 radical (unpaired) electrons. The molecule has 1 rings (SSSR count). The topological polar surface area (TPSA) is 42.9 Å². The third kappa shape index (κ3) is 1.23. The fourth-order valence-corrected chi connectivity index (χ4v) is 0.561. The monoisotopic (exact) mass is 142 g/mol. The molecule has 4 heteroatoms. The fourth-order valence-electron chi connectivity index (χ4n) is 0.411. The molecule has 1 aromatic heterocycles. The minimum absolute atomic E-state index is 0.146. The van der Waals surface area contributed by atoms with Gasteiger partial charge in [0.05, 0.1) is 0 Å². The van der Waals surface area contributed by atoms with Gasteiger partial charge in [-0.1, -0.05) is 11.6 Å². The summed E-state index contributed by atoms with van der Waals surface area (Å²) >= 11 is 5.42. The molecule has 9 heavy (non-hydrogen) atoms. The largest absolute Gasteiger partial charge is 0.296 e. The van der Waals surface area contributed by atoms with E-state index >= 15 is 0 Å². The third-order valence-corrected chi connectivity index (χ3v) is 1.08. The normalized spacial score (nSPS) is 9.00. The maximum absolute atomic E-state index is 10.0. The second kappa shape index (κ2) is 2.55. The average Bonchev–Trinajstić information content (AvgIpc) is 1.89. The van der Waals surface area contributed by atoms with Crippen molar-refractivity contribution < 1.29 is 4.79 Å². The Morgan fingerprint density at radius 3 is 2.56 bits per heavy atom. The first kappa shape index (κ1) is 6.16. The van der Waals surface area contributed by atoms with Crippen LogP contribution in [0.2, 0.25) is 5.15 Å². The van der Waals surface area contributed by atoms with Gasteiger partial charge >= 0.3 is 0 Å². The van der Waals surface area contributed by atoms with E-state index in [1.165, 1.54) is 12.4 Å². The van der Waals surface area contributed by atoms with Crippen molar-refractivity contribution in [2.45, 2.75) is 0 Å². The van der Waals surface area contributed by atoms with Crippen LogP contribution in [0.5, 0.6) is 0 Å². The number of aromatic nitrogens is 2. The minimum Gasteiger partial charge on any atom is -0.296 e. The van der Waals surface area contributed by atoms with Gasteiger partial charge in [-0.25, -0.2) is 9.97 Å². The summed E-state index contributed by atoms with van der Waals surface area (Å²) in [6.07, 6.45) is 3.40. The summed E-state index contributed by atoms with van der Waals surface area (Å²) in [4.78, 5) is 17.3. The first-order chi connectivity index (χ1) is 4.34. The van der Waals surface area contributed by atoms with Crippen LogP contribution in [0.25, 0.3) is 0 Å². The summed E-state index contributed by atoms with van der Waals surface area (Å²) in [6.45, 7) is 0. The van der Waals surface area contributed by atoms with E-state index in [4.69, 9.17) is 11.6 Å². The van der Waals surface area contributed by atoms with Crippen LogP contribution in [-0.2, 0) is 0 Å². The first-order valence-electron chi connectivity index (χ1n) is 2.26. The van der Waals surface area contributed by atoms with Crippen LogP contribution >= 0.6 is 11.6 Å². The Bertz CT molecular complexity index is 226. The van der Waals surface area contributed by atoms with Crippen LogP contribution < -0.4 is 0 Å². The minimum atomic E-state index is 0.146. The van der Waals surface area contributed by atoms with Crippen molar-refractivity contribution in [3.05, 3.63) is 23.2 Å². The van der Waals surface area contributed by atoms with E-state index in [2.05, 4.69) is 9.97 Å². The van der Waals surface area contributed by atoms with Gasteiger partial charge < -0.3 is 0 Å². The summed E-state index contributed by atoms with van der Waals surface area (Å²) < 4.78 is 0. The van der Waals surface area contributed by atoms with Gasteiger partial charge in [0.2, 0.25) is 0 Å². The molecule has 0 amide bonds. The zero-order chi connectivity index (χ0) is 6.69. The summed E-state index contributed by atoms with van der Waals surface area (Å²) in [7, 11) is 0. The number of carbonyl (C=O) groups excluding carboxylic acids is 1. The van der Waals surface area contributed by atoms with E-state index in [1.54, 1.807) is 0 Å². The number of aldehydes is 1. The Morgan fingerprint density at radius 2 is 2.11 bits per heavy atom. The molecule has 0 aliphatic heterocycles. The van der Waals surface area contributed by atoms with Gasteiger partial charge in [-0.2, -0.15) is 0 Å². The number of hydrogen-bond acceptors (Lipinski definition) is 3. The molecule has 0 saturated heterocycles. The molecule has 0 bridgehead atoms. The zero-order valence-corrected chi connectivity index (χ0v) is 5.17. The standard InChI is InChI=1S/C5H3ClN2O/c6-5-4(3-9)7-1-2-8-5/h1-3H. The van der Waals surface area contributed by atoms with Crippen LogP contribution in [0, 0.1) is 0 Å². The van der Waals surface area contributed by atoms with Gasteiger partial charge in [-0.3, -0.25) is 4.79 Å². The quantitative estimate of drug-likeness (QED) is 0.548. The summed E-state index contributed by atoms with van der Waals surface area (Å²) in [5.74, 6) is 0. The van der Waals surface area contributed by atoms with Crippen LogP contribution in [0.15, 0.2) is 12.4 Å². The van der Waals surface area contributed by atoms with Gasteiger partial charge in [-0.05, 0) is 0 Å². The highest BCUT2D eigenvalue weighted by Gasteiger charge is 1.96. The molecule has 0 spiro atoms. The molecular weight excluding hydrogens is 140 g/mol. The van der Waals surface area contributed by atoms with E-state index in [1.807, 2.05) is 0 Å². The molecule has 0 saturated carbocycles. The van der Waals surface area contributed by atoms with Crippen molar-refractivity contribution in [1.82, 2.24) is 9.97 Å². The molecular formula is C5H3ClN2O. The Balaban J connectivity index is 3.15. The lowest BCUT2D eigenvalue weighted by molar-refractivity contribution is 0.111. The van der Waals surface area contributed by atoms with Gasteiger partial charge in [0, 0.05) is 12.4 Å². The number of nitrogens with zero attached hydrogens (tertiary/aromatic N) is 2. The molecule has 0 unspecified atom stereocenters. The second-order valence-electron chi connectivity index (χ2n) is 1.35. The van der Waals surface area contributed by atoms with E-state index in [-0.39, 0.29) is 10.8 Å². The smallest absolute Gasteiger partial charge is 0.171 e. The van der Waals surface area contributed by atoms with Crippen molar-refractivity contribution >= 4 is 17.9 Å². The van der Waals surface area contributed by atoms with E-state index < -0.39 is 0 Å². The molecule has 0 N–H and O–H groups in total. The van der Waals surface area contributed by atoms with E-state index in [9.17, 15) is 4.79 Å². The molecule has 0 fully saturated rings. The molecule has 3 nitrogen and oxygen atoms in total. The Labute approximate surface area is 56.7 Å². The summed E-state index contributed by atoms with van der Waals surface area (Å²) in [6, 6.07) is 0. The SMILES string of the molecule is O=Cc1nccnc1Cl. The highest BCUT2D eigenvalue weighted by atomic mass is 35.5. The molecule has 46 valence electrons. The predicted molar refractivity (Wildman–Crippen MR) is 32.4 cm³/mol. The Kier molecular flexibility index (Phi) is 1.75. The lowest BCUT2D eigenvalue weighted by Crippen LogP contribution is -1.88. The van der Waals surface area contributed by atoms with E-state index in [0.717, 1.165) is 0 Å². The molecule has 0 aromatic carbocycles.